The van der Waals surface area contributed by atoms with Gasteiger partial charge < -0.3 is 11.3 Å². The summed E-state index contributed by atoms with van der Waals surface area (Å²) in [4.78, 5) is 9.00. The summed E-state index contributed by atoms with van der Waals surface area (Å²) in [6.07, 6.45) is 0. The summed E-state index contributed by atoms with van der Waals surface area (Å²) in [5.41, 5.74) is 0. The second-order valence-electron chi connectivity index (χ2n) is 4.86. The molecule has 0 saturated heterocycles. The summed E-state index contributed by atoms with van der Waals surface area (Å²) < 4.78 is 0. The molecule has 3 aromatic rings. The van der Waals surface area contributed by atoms with E-state index in [9.17, 15) is 0 Å². The molecule has 0 bridgehead atoms. The highest BCUT2D eigenvalue weighted by Gasteiger charge is 2.14. The fraction of sp³-hybridized carbons (Fsp3) is 0.0500. The molecular weight excluding hydrogens is 317 g/mol. The van der Waals surface area contributed by atoms with Crippen molar-refractivity contribution in [3.8, 4) is 0 Å². The van der Waals surface area contributed by atoms with Crippen molar-refractivity contribution in [1.29, 1.82) is 0 Å². The average Bonchev–Trinajstić information content (AvgIpc) is 2.58. The van der Waals surface area contributed by atoms with Crippen LogP contribution >= 0.6 is 7.92 Å². The maximum atomic E-state index is 9.00. The minimum absolute atomic E-state index is 0. The van der Waals surface area contributed by atoms with Crippen molar-refractivity contribution in [1.82, 2.24) is 6.15 Å². The highest BCUT2D eigenvalue weighted by atomic mass is 31.1. The Morgan fingerprint density at radius 3 is 1.08 bits per heavy atom. The zero-order chi connectivity index (χ0) is 16.5. The Balaban J connectivity index is 0.000000522. The molecule has 0 unspecified atom stereocenters. The van der Waals surface area contributed by atoms with E-state index in [1.54, 1.807) is 0 Å². The van der Waals surface area contributed by atoms with E-state index in [4.69, 9.17) is 9.90 Å². The number of rotatable bonds is 3. The van der Waals surface area contributed by atoms with Crippen LogP contribution in [0.2, 0.25) is 0 Å². The van der Waals surface area contributed by atoms with E-state index in [1.807, 2.05) is 0 Å². The molecule has 3 aromatic carbocycles. The van der Waals surface area contributed by atoms with Gasteiger partial charge in [-0.1, -0.05) is 91.0 Å². The lowest BCUT2D eigenvalue weighted by Crippen LogP contribution is -2.20. The fourth-order valence-electron chi connectivity index (χ4n) is 2.18. The third kappa shape index (κ3) is 5.96. The van der Waals surface area contributed by atoms with Crippen LogP contribution < -0.4 is 22.1 Å². The number of aliphatic carboxylic acids is 1. The monoisotopic (exact) mass is 339 g/mol. The maximum Gasteiger partial charge on any atom is 0.300 e. The molecule has 4 heteroatoms. The van der Waals surface area contributed by atoms with Crippen LogP contribution in [0.15, 0.2) is 91.0 Å². The number of carbonyl (C=O) groups is 1. The van der Waals surface area contributed by atoms with Gasteiger partial charge in [0.1, 0.15) is 0 Å². The number of carboxylic acid groups (broad SMARTS) is 1. The lowest BCUT2D eigenvalue weighted by atomic mass is 10.4. The summed E-state index contributed by atoms with van der Waals surface area (Å²) >= 11 is 0. The lowest BCUT2D eigenvalue weighted by Gasteiger charge is -2.18. The summed E-state index contributed by atoms with van der Waals surface area (Å²) in [7, 11) is -0.446. The predicted molar refractivity (Wildman–Crippen MR) is 103 cm³/mol. The Labute approximate surface area is 144 Å². The van der Waals surface area contributed by atoms with Crippen LogP contribution in [0, 0.1) is 0 Å². The Morgan fingerprint density at radius 2 is 0.875 bits per heavy atom. The summed E-state index contributed by atoms with van der Waals surface area (Å²) in [6.45, 7) is 1.08. The molecule has 0 aromatic heterocycles. The molecule has 0 atom stereocenters. The van der Waals surface area contributed by atoms with Crippen molar-refractivity contribution in [2.24, 2.45) is 0 Å². The zero-order valence-corrected chi connectivity index (χ0v) is 14.6. The van der Waals surface area contributed by atoms with Gasteiger partial charge in [-0.3, -0.25) is 4.79 Å². The third-order valence-electron chi connectivity index (χ3n) is 3.04. The van der Waals surface area contributed by atoms with Gasteiger partial charge in [-0.25, -0.2) is 0 Å². The fourth-order valence-corrected chi connectivity index (χ4v) is 4.48. The highest BCUT2D eigenvalue weighted by Crippen LogP contribution is 2.32. The van der Waals surface area contributed by atoms with Crippen LogP contribution in [0.3, 0.4) is 0 Å². The Hall–Kier alpha value is -2.48. The van der Waals surface area contributed by atoms with Gasteiger partial charge in [0.05, 0.1) is 0 Å². The molecule has 0 saturated carbocycles. The van der Waals surface area contributed by atoms with Crippen LogP contribution in [-0.4, -0.2) is 11.1 Å². The van der Waals surface area contributed by atoms with Crippen LogP contribution in [0.5, 0.6) is 0 Å². The molecule has 3 nitrogen and oxygen atoms in total. The van der Waals surface area contributed by atoms with E-state index in [2.05, 4.69) is 91.0 Å². The topological polar surface area (TPSA) is 72.3 Å². The average molecular weight is 339 g/mol. The first kappa shape index (κ1) is 19.6. The largest absolute Gasteiger partial charge is 0.481 e. The Bertz CT molecular complexity index is 620. The van der Waals surface area contributed by atoms with Gasteiger partial charge in [0.15, 0.2) is 0 Å². The van der Waals surface area contributed by atoms with Crippen LogP contribution in [0.25, 0.3) is 0 Å². The molecule has 0 radical (unpaired) electrons. The quantitative estimate of drug-likeness (QED) is 0.715. The van der Waals surface area contributed by atoms with Gasteiger partial charge in [-0.15, -0.1) is 0 Å². The van der Waals surface area contributed by atoms with E-state index in [1.165, 1.54) is 15.9 Å². The van der Waals surface area contributed by atoms with Crippen molar-refractivity contribution in [3.05, 3.63) is 91.0 Å². The standard InChI is InChI=1S/C18H15P.C2H4O2.H3N/c1-4-10-16(11-5-1)19(17-12-6-2-7-13-17)18-14-8-3-9-15-18;1-2(3)4;/h1-15H;1H3,(H,3,4);1H3. The minimum atomic E-state index is -0.833. The normalized spacial score (nSPS) is 9.42. The molecule has 4 N–H and O–H groups in total. The number of hydrogen-bond donors (Lipinski definition) is 2. The van der Waals surface area contributed by atoms with Crippen LogP contribution in [0.1, 0.15) is 6.92 Å². The van der Waals surface area contributed by atoms with Crippen molar-refractivity contribution in [3.63, 3.8) is 0 Å². The number of carboxylic acids is 1. The van der Waals surface area contributed by atoms with Crippen molar-refractivity contribution >= 4 is 29.8 Å². The molecular formula is C20H22NO2P. The van der Waals surface area contributed by atoms with Gasteiger partial charge in [-0.2, -0.15) is 0 Å². The molecule has 124 valence electrons. The first-order valence-corrected chi connectivity index (χ1v) is 8.67. The molecule has 0 amide bonds. The van der Waals surface area contributed by atoms with Crippen molar-refractivity contribution in [2.45, 2.75) is 6.92 Å². The molecule has 0 fully saturated rings. The maximum absolute atomic E-state index is 9.00. The van der Waals surface area contributed by atoms with Gasteiger partial charge in [-0.05, 0) is 23.8 Å². The van der Waals surface area contributed by atoms with E-state index in [0.717, 1.165) is 6.92 Å². The first-order valence-electron chi connectivity index (χ1n) is 7.33. The number of hydrogen-bond acceptors (Lipinski definition) is 2. The minimum Gasteiger partial charge on any atom is -0.481 e. The lowest BCUT2D eigenvalue weighted by molar-refractivity contribution is -0.134. The van der Waals surface area contributed by atoms with Crippen LogP contribution in [0.4, 0.5) is 0 Å². The molecule has 0 aliphatic carbocycles. The molecule has 0 aliphatic rings. The zero-order valence-electron chi connectivity index (χ0n) is 13.7. The van der Waals surface area contributed by atoms with E-state index in [0.29, 0.717) is 0 Å². The van der Waals surface area contributed by atoms with Gasteiger partial charge in [0, 0.05) is 6.92 Å². The third-order valence-corrected chi connectivity index (χ3v) is 5.49. The molecule has 0 spiro atoms. The molecule has 0 heterocycles. The SMILES string of the molecule is CC(=O)O.N.c1ccc(P(c2ccccc2)c2ccccc2)cc1. The Kier molecular flexibility index (Phi) is 8.42. The summed E-state index contributed by atoms with van der Waals surface area (Å²) in [5.74, 6) is -0.833. The summed E-state index contributed by atoms with van der Waals surface area (Å²) in [6, 6.07) is 32.3. The molecule has 0 aliphatic heterocycles. The van der Waals surface area contributed by atoms with Crippen molar-refractivity contribution in [2.75, 3.05) is 0 Å². The second kappa shape index (κ2) is 10.3. The van der Waals surface area contributed by atoms with Gasteiger partial charge in [0.2, 0.25) is 0 Å². The number of benzene rings is 3. The smallest absolute Gasteiger partial charge is 0.300 e. The van der Waals surface area contributed by atoms with E-state index < -0.39 is 13.9 Å². The van der Waals surface area contributed by atoms with Gasteiger partial charge >= 0.3 is 0 Å². The predicted octanol–water partition coefficient (Wildman–Crippen LogP) is 3.70. The first-order chi connectivity index (χ1) is 11.2. The second-order valence-corrected chi connectivity index (χ2v) is 7.08. The van der Waals surface area contributed by atoms with E-state index in [-0.39, 0.29) is 6.15 Å². The van der Waals surface area contributed by atoms with Crippen LogP contribution in [-0.2, 0) is 4.79 Å². The Morgan fingerprint density at radius 1 is 0.667 bits per heavy atom. The van der Waals surface area contributed by atoms with Gasteiger partial charge in [0.25, 0.3) is 5.97 Å². The van der Waals surface area contributed by atoms with Crippen molar-refractivity contribution < 1.29 is 9.90 Å². The summed E-state index contributed by atoms with van der Waals surface area (Å²) in [5, 5.41) is 11.6. The molecule has 3 rings (SSSR count). The molecule has 24 heavy (non-hydrogen) atoms. The highest BCUT2D eigenvalue weighted by molar-refractivity contribution is 7.79. The van der Waals surface area contributed by atoms with E-state index >= 15 is 0 Å².